The van der Waals surface area contributed by atoms with Gasteiger partial charge in [0.25, 0.3) is 0 Å². The number of nitrogens with zero attached hydrogens (tertiary/aromatic N) is 5. The number of nitrogens with two attached hydrogens (primary N) is 2. The van der Waals surface area contributed by atoms with Gasteiger partial charge in [-0.25, -0.2) is 0 Å². The van der Waals surface area contributed by atoms with Gasteiger partial charge in [-0.05, 0) is 38.3 Å². The third-order valence-electron chi connectivity index (χ3n) is 3.63. The lowest BCUT2D eigenvalue weighted by molar-refractivity contribution is 0.159. The minimum absolute atomic E-state index is 0.286. The third-order valence-corrected chi connectivity index (χ3v) is 3.63. The zero-order valence-electron chi connectivity index (χ0n) is 12.4. The minimum Gasteiger partial charge on any atom is -0.368 e. The van der Waals surface area contributed by atoms with Gasteiger partial charge >= 0.3 is 0 Å². The van der Waals surface area contributed by atoms with Crippen molar-refractivity contribution in [1.29, 1.82) is 0 Å². The Morgan fingerprint density at radius 1 is 1.30 bits per heavy atom. The van der Waals surface area contributed by atoms with Gasteiger partial charge < -0.3 is 16.4 Å². The maximum absolute atomic E-state index is 5.75. The highest BCUT2D eigenvalue weighted by Gasteiger charge is 2.20. The minimum atomic E-state index is 0.286. The molecule has 1 fully saturated rings. The second kappa shape index (κ2) is 6.81. The molecular formula is C13H25N7. The molecule has 1 aliphatic heterocycles. The van der Waals surface area contributed by atoms with Gasteiger partial charge in [0.1, 0.15) is 5.82 Å². The van der Waals surface area contributed by atoms with Crippen LogP contribution in [0.1, 0.15) is 25.1 Å². The molecule has 1 saturated heterocycles. The first kappa shape index (κ1) is 14.9. The van der Waals surface area contributed by atoms with Gasteiger partial charge in [0, 0.05) is 20.6 Å². The van der Waals surface area contributed by atoms with Crippen molar-refractivity contribution in [3.63, 3.8) is 0 Å². The van der Waals surface area contributed by atoms with Crippen molar-refractivity contribution in [2.75, 3.05) is 44.4 Å². The summed E-state index contributed by atoms with van der Waals surface area (Å²) in [5.74, 6) is 2.34. The van der Waals surface area contributed by atoms with Gasteiger partial charge in [-0.3, -0.25) is 4.90 Å². The van der Waals surface area contributed by atoms with E-state index in [1.807, 2.05) is 19.0 Å². The van der Waals surface area contributed by atoms with Crippen LogP contribution in [-0.2, 0) is 6.54 Å². The summed E-state index contributed by atoms with van der Waals surface area (Å²) in [5.41, 5.74) is 11.4. The van der Waals surface area contributed by atoms with Crippen molar-refractivity contribution in [1.82, 2.24) is 19.9 Å². The number of piperidine rings is 1. The van der Waals surface area contributed by atoms with Crippen LogP contribution in [0.2, 0.25) is 0 Å². The monoisotopic (exact) mass is 279 g/mol. The van der Waals surface area contributed by atoms with Crippen LogP contribution in [0.25, 0.3) is 0 Å². The molecule has 0 aromatic carbocycles. The quantitative estimate of drug-likeness (QED) is 0.787. The Balaban J connectivity index is 2.02. The van der Waals surface area contributed by atoms with E-state index in [9.17, 15) is 0 Å². The average molecular weight is 279 g/mol. The molecule has 0 amide bonds. The van der Waals surface area contributed by atoms with Crippen LogP contribution in [0.15, 0.2) is 0 Å². The first-order valence-electron chi connectivity index (χ1n) is 7.18. The molecule has 112 valence electrons. The number of hydrogen-bond acceptors (Lipinski definition) is 7. The van der Waals surface area contributed by atoms with E-state index >= 15 is 0 Å². The molecule has 2 rings (SSSR count). The third kappa shape index (κ3) is 4.01. The number of nitrogen functional groups attached to an aromatic ring is 1. The molecule has 1 unspecified atom stereocenters. The Kier molecular flexibility index (Phi) is 5.08. The van der Waals surface area contributed by atoms with Crippen LogP contribution in [0.3, 0.4) is 0 Å². The maximum atomic E-state index is 5.75. The lowest BCUT2D eigenvalue weighted by Crippen LogP contribution is -2.36. The molecule has 0 saturated carbocycles. The van der Waals surface area contributed by atoms with E-state index in [1.165, 1.54) is 12.8 Å². The summed E-state index contributed by atoms with van der Waals surface area (Å²) in [6.45, 7) is 3.65. The van der Waals surface area contributed by atoms with Crippen molar-refractivity contribution >= 4 is 11.9 Å². The Hall–Kier alpha value is -1.47. The van der Waals surface area contributed by atoms with Crippen molar-refractivity contribution in [3.05, 3.63) is 5.82 Å². The molecule has 0 spiro atoms. The summed E-state index contributed by atoms with van der Waals surface area (Å²) in [4.78, 5) is 17.0. The normalized spacial score (nSPS) is 20.1. The molecule has 1 aliphatic rings. The van der Waals surface area contributed by atoms with Gasteiger partial charge in [0.15, 0.2) is 0 Å². The second-order valence-electron chi connectivity index (χ2n) is 5.62. The topological polar surface area (TPSA) is 97.2 Å². The molecule has 7 nitrogen and oxygen atoms in total. The van der Waals surface area contributed by atoms with E-state index in [-0.39, 0.29) is 5.95 Å². The van der Waals surface area contributed by atoms with Crippen LogP contribution in [-0.4, -0.2) is 53.6 Å². The van der Waals surface area contributed by atoms with Crippen LogP contribution >= 0.6 is 0 Å². The Bertz CT molecular complexity index is 433. The largest absolute Gasteiger partial charge is 0.368 e. The lowest BCUT2D eigenvalue weighted by atomic mass is 9.95. The smallest absolute Gasteiger partial charge is 0.229 e. The molecule has 20 heavy (non-hydrogen) atoms. The van der Waals surface area contributed by atoms with Crippen molar-refractivity contribution in [2.45, 2.75) is 25.8 Å². The van der Waals surface area contributed by atoms with E-state index in [4.69, 9.17) is 11.5 Å². The summed E-state index contributed by atoms with van der Waals surface area (Å²) in [5, 5.41) is 0. The first-order chi connectivity index (χ1) is 9.58. The first-order valence-corrected chi connectivity index (χ1v) is 7.18. The fourth-order valence-corrected chi connectivity index (χ4v) is 2.66. The standard InChI is InChI=1S/C13H25N7/c1-19(2)13-17-11(16-12(15)18-13)9-20-7-3-4-10(8-20)5-6-14/h10H,3-9,14H2,1-2H3,(H2,15,16,17,18). The highest BCUT2D eigenvalue weighted by Crippen LogP contribution is 2.20. The average Bonchev–Trinajstić information content (AvgIpc) is 2.38. The summed E-state index contributed by atoms with van der Waals surface area (Å²) in [7, 11) is 3.80. The van der Waals surface area contributed by atoms with Crippen LogP contribution in [0.5, 0.6) is 0 Å². The van der Waals surface area contributed by atoms with Crippen LogP contribution < -0.4 is 16.4 Å². The molecule has 2 heterocycles. The predicted octanol–water partition coefficient (Wildman–Crippen LogP) is 0.0806. The van der Waals surface area contributed by atoms with E-state index in [0.717, 1.165) is 38.4 Å². The fourth-order valence-electron chi connectivity index (χ4n) is 2.66. The number of anilines is 2. The lowest BCUT2D eigenvalue weighted by Gasteiger charge is -2.32. The van der Waals surface area contributed by atoms with Crippen molar-refractivity contribution < 1.29 is 0 Å². The van der Waals surface area contributed by atoms with Crippen LogP contribution in [0.4, 0.5) is 11.9 Å². The van der Waals surface area contributed by atoms with Crippen LogP contribution in [0, 0.1) is 5.92 Å². The van der Waals surface area contributed by atoms with E-state index in [1.54, 1.807) is 0 Å². The number of hydrogen-bond donors (Lipinski definition) is 2. The highest BCUT2D eigenvalue weighted by molar-refractivity contribution is 5.32. The van der Waals surface area contributed by atoms with Gasteiger partial charge in [-0.1, -0.05) is 0 Å². The number of rotatable bonds is 5. The second-order valence-corrected chi connectivity index (χ2v) is 5.62. The van der Waals surface area contributed by atoms with Gasteiger partial charge in [0.05, 0.1) is 6.54 Å². The molecule has 4 N–H and O–H groups in total. The summed E-state index contributed by atoms with van der Waals surface area (Å²) >= 11 is 0. The van der Waals surface area contributed by atoms with E-state index in [0.29, 0.717) is 11.9 Å². The van der Waals surface area contributed by atoms with Crippen molar-refractivity contribution in [3.8, 4) is 0 Å². The Morgan fingerprint density at radius 3 is 2.80 bits per heavy atom. The zero-order valence-corrected chi connectivity index (χ0v) is 12.4. The molecule has 7 heteroatoms. The van der Waals surface area contributed by atoms with Gasteiger partial charge in [0.2, 0.25) is 11.9 Å². The molecule has 0 aliphatic carbocycles. The zero-order chi connectivity index (χ0) is 14.5. The molecule has 0 bridgehead atoms. The Morgan fingerprint density at radius 2 is 2.10 bits per heavy atom. The van der Waals surface area contributed by atoms with Crippen molar-refractivity contribution in [2.24, 2.45) is 11.7 Å². The molecule has 1 atom stereocenters. The maximum Gasteiger partial charge on any atom is 0.229 e. The fraction of sp³-hybridized carbons (Fsp3) is 0.769. The number of likely N-dealkylation sites (tertiary alicyclic amines) is 1. The SMILES string of the molecule is CN(C)c1nc(N)nc(CN2CCCC(CCN)C2)n1. The van der Waals surface area contributed by atoms with Gasteiger partial charge in [-0.2, -0.15) is 15.0 Å². The predicted molar refractivity (Wildman–Crippen MR) is 80.2 cm³/mol. The van der Waals surface area contributed by atoms with E-state index in [2.05, 4.69) is 19.9 Å². The highest BCUT2D eigenvalue weighted by atomic mass is 15.3. The Labute approximate surface area is 120 Å². The molecular weight excluding hydrogens is 254 g/mol. The summed E-state index contributed by atoms with van der Waals surface area (Å²) in [6.07, 6.45) is 3.58. The molecule has 1 aromatic rings. The van der Waals surface area contributed by atoms with Gasteiger partial charge in [-0.15, -0.1) is 0 Å². The molecule has 1 aromatic heterocycles. The van der Waals surface area contributed by atoms with E-state index < -0.39 is 0 Å². The summed E-state index contributed by atoms with van der Waals surface area (Å²) < 4.78 is 0. The molecule has 0 radical (unpaired) electrons. The number of aromatic nitrogens is 3. The summed E-state index contributed by atoms with van der Waals surface area (Å²) in [6, 6.07) is 0.